The number of likely N-dealkylation sites (tertiary alicyclic amines) is 1. The number of carbonyl (C=O) groups is 4. The van der Waals surface area contributed by atoms with Crippen molar-refractivity contribution < 1.29 is 37.5 Å². The minimum atomic E-state index is -5.22. The molecule has 21 heavy (non-hydrogen) atoms. The normalized spacial score (nSPS) is 26.2. The molecule has 2 aliphatic rings. The van der Waals surface area contributed by atoms with E-state index in [1.54, 1.807) is 0 Å². The predicted molar refractivity (Wildman–Crippen MR) is 57.8 cm³/mol. The van der Waals surface area contributed by atoms with Crippen LogP contribution in [0.3, 0.4) is 0 Å². The highest BCUT2D eigenvalue weighted by atomic mass is 19.4. The van der Waals surface area contributed by atoms with Gasteiger partial charge in [-0.3, -0.25) is 14.5 Å². The van der Waals surface area contributed by atoms with E-state index in [0.29, 0.717) is 4.90 Å². The summed E-state index contributed by atoms with van der Waals surface area (Å²) in [5.41, 5.74) is 0. The van der Waals surface area contributed by atoms with Crippen molar-refractivity contribution in [1.82, 2.24) is 15.1 Å². The summed E-state index contributed by atoms with van der Waals surface area (Å²) in [6.07, 6.45) is -5.66. The zero-order valence-corrected chi connectivity index (χ0v) is 10.4. The molecule has 2 N–H and O–H groups in total. The summed E-state index contributed by atoms with van der Waals surface area (Å²) >= 11 is 0. The number of aliphatic carboxylic acids is 1. The molecule has 0 spiro atoms. The van der Waals surface area contributed by atoms with Gasteiger partial charge >= 0.3 is 24.1 Å². The van der Waals surface area contributed by atoms with Crippen molar-refractivity contribution in [2.75, 3.05) is 13.1 Å². The van der Waals surface area contributed by atoms with Crippen molar-refractivity contribution in [1.29, 1.82) is 0 Å². The molecule has 0 aliphatic carbocycles. The van der Waals surface area contributed by atoms with Crippen LogP contribution in [0.4, 0.5) is 18.0 Å². The molecule has 8 nitrogen and oxygen atoms in total. The van der Waals surface area contributed by atoms with Gasteiger partial charge in [-0.2, -0.15) is 13.2 Å². The average molecular weight is 309 g/mol. The molecule has 0 aromatic heterocycles. The lowest BCUT2D eigenvalue weighted by atomic mass is 10.1. The summed E-state index contributed by atoms with van der Waals surface area (Å²) in [5.74, 6) is -4.60. The fourth-order valence-electron chi connectivity index (χ4n) is 2.43. The first-order chi connectivity index (χ1) is 9.62. The van der Waals surface area contributed by atoms with Gasteiger partial charge in [-0.1, -0.05) is 0 Å². The first-order valence-corrected chi connectivity index (χ1v) is 5.83. The monoisotopic (exact) mass is 309 g/mol. The number of urea groups is 1. The number of alkyl halides is 3. The number of carbonyl (C=O) groups excluding carboxylic acids is 3. The summed E-state index contributed by atoms with van der Waals surface area (Å²) in [4.78, 5) is 46.0. The average Bonchev–Trinajstić information content (AvgIpc) is 2.91. The fourth-order valence-corrected chi connectivity index (χ4v) is 2.43. The van der Waals surface area contributed by atoms with Gasteiger partial charge in [0.05, 0.1) is 12.6 Å². The maximum absolute atomic E-state index is 12.5. The Kier molecular flexibility index (Phi) is 3.51. The van der Waals surface area contributed by atoms with Gasteiger partial charge in [0.25, 0.3) is 0 Å². The van der Waals surface area contributed by atoms with Crippen molar-refractivity contribution in [2.24, 2.45) is 0 Å². The van der Waals surface area contributed by atoms with E-state index in [-0.39, 0.29) is 11.4 Å². The molecule has 4 amide bonds. The van der Waals surface area contributed by atoms with E-state index in [1.165, 1.54) is 0 Å². The van der Waals surface area contributed by atoms with Crippen LogP contribution in [0, 0.1) is 0 Å². The summed E-state index contributed by atoms with van der Waals surface area (Å²) in [5, 5.41) is 11.1. The van der Waals surface area contributed by atoms with Crippen molar-refractivity contribution in [3.05, 3.63) is 0 Å². The number of nitrogens with zero attached hydrogens (tertiary/aromatic N) is 2. The highest BCUT2D eigenvalue weighted by molar-refractivity contribution is 6.02. The van der Waals surface area contributed by atoms with Crippen LogP contribution < -0.4 is 5.32 Å². The summed E-state index contributed by atoms with van der Waals surface area (Å²) in [7, 11) is 0. The predicted octanol–water partition coefficient (Wildman–Crippen LogP) is -0.845. The maximum Gasteiger partial charge on any atom is 0.471 e. The van der Waals surface area contributed by atoms with Gasteiger partial charge < -0.3 is 15.3 Å². The van der Waals surface area contributed by atoms with Crippen molar-refractivity contribution >= 4 is 23.8 Å². The van der Waals surface area contributed by atoms with E-state index in [9.17, 15) is 32.3 Å². The fraction of sp³-hybridized carbons (Fsp3) is 0.600. The van der Waals surface area contributed by atoms with E-state index >= 15 is 0 Å². The number of halogens is 3. The van der Waals surface area contributed by atoms with Crippen molar-refractivity contribution in [3.8, 4) is 0 Å². The number of carboxylic acids is 1. The molecule has 2 fully saturated rings. The van der Waals surface area contributed by atoms with Crippen LogP contribution in [0.15, 0.2) is 0 Å². The highest BCUT2D eigenvalue weighted by Gasteiger charge is 2.52. The van der Waals surface area contributed by atoms with Gasteiger partial charge in [0.2, 0.25) is 5.91 Å². The quantitative estimate of drug-likeness (QED) is 0.646. The summed E-state index contributed by atoms with van der Waals surface area (Å²) in [6.45, 7) is -0.964. The molecule has 116 valence electrons. The van der Waals surface area contributed by atoms with Gasteiger partial charge in [0, 0.05) is 13.0 Å². The first kappa shape index (κ1) is 15.1. The van der Waals surface area contributed by atoms with Gasteiger partial charge in [-0.15, -0.1) is 0 Å². The van der Waals surface area contributed by atoms with Crippen LogP contribution in [-0.4, -0.2) is 70.1 Å². The minimum Gasteiger partial charge on any atom is -0.480 e. The third-order valence-electron chi connectivity index (χ3n) is 3.31. The van der Waals surface area contributed by atoms with Crippen LogP contribution in [0.5, 0.6) is 0 Å². The van der Waals surface area contributed by atoms with Gasteiger partial charge in [0.1, 0.15) is 6.04 Å². The van der Waals surface area contributed by atoms with E-state index in [4.69, 9.17) is 5.11 Å². The Hall–Kier alpha value is -2.33. The molecule has 0 unspecified atom stereocenters. The van der Waals surface area contributed by atoms with E-state index in [2.05, 4.69) is 5.32 Å². The Labute approximate surface area is 115 Å². The molecule has 11 heteroatoms. The molecular formula is C10H10F3N3O5. The van der Waals surface area contributed by atoms with Crippen molar-refractivity contribution in [2.45, 2.75) is 24.7 Å². The highest BCUT2D eigenvalue weighted by Crippen LogP contribution is 2.29. The first-order valence-electron chi connectivity index (χ1n) is 5.83. The Morgan fingerprint density at radius 2 is 1.90 bits per heavy atom. The number of amides is 4. The molecule has 2 heterocycles. The number of hydrogen-bond acceptors (Lipinski definition) is 4. The number of nitrogens with one attached hydrogen (secondary N) is 1. The number of hydrogen-bond donors (Lipinski definition) is 2. The zero-order chi connectivity index (χ0) is 15.9. The standard InChI is InChI=1S/C10H10F3N3O5/c11-10(12,13)8(20)15-3-4(1-5(15)7(18)19)16-6(17)2-14-9(16)21/h4-5H,1-3H2,(H,14,21)(H,18,19)/t4-,5-/m0/s1. The Balaban J connectivity index is 2.23. The number of rotatable bonds is 2. The Bertz CT molecular complexity index is 505. The van der Waals surface area contributed by atoms with Crippen LogP contribution in [0.25, 0.3) is 0 Å². The molecule has 0 aromatic rings. The van der Waals surface area contributed by atoms with Crippen molar-refractivity contribution in [3.63, 3.8) is 0 Å². The Morgan fingerprint density at radius 3 is 2.33 bits per heavy atom. The second kappa shape index (κ2) is 4.90. The minimum absolute atomic E-state index is 0.131. The molecular weight excluding hydrogens is 299 g/mol. The van der Waals surface area contributed by atoms with Crippen LogP contribution in [0.1, 0.15) is 6.42 Å². The molecule has 0 aromatic carbocycles. The van der Waals surface area contributed by atoms with Gasteiger partial charge in [-0.05, 0) is 0 Å². The molecule has 2 saturated heterocycles. The summed E-state index contributed by atoms with van der Waals surface area (Å²) in [6, 6.07) is -3.63. The van der Waals surface area contributed by atoms with E-state index in [0.717, 1.165) is 0 Å². The zero-order valence-electron chi connectivity index (χ0n) is 10.4. The third kappa shape index (κ3) is 2.62. The van der Waals surface area contributed by atoms with Crippen LogP contribution >= 0.6 is 0 Å². The lowest BCUT2D eigenvalue weighted by molar-refractivity contribution is -0.188. The third-order valence-corrected chi connectivity index (χ3v) is 3.31. The van der Waals surface area contributed by atoms with Gasteiger partial charge in [-0.25, -0.2) is 9.59 Å². The number of imide groups is 1. The number of carboxylic acid groups (broad SMARTS) is 1. The molecule has 0 radical (unpaired) electrons. The van der Waals surface area contributed by atoms with E-state index in [1.807, 2.05) is 0 Å². The molecule has 2 atom stereocenters. The summed E-state index contributed by atoms with van der Waals surface area (Å²) < 4.78 is 37.4. The molecule has 0 saturated carbocycles. The van der Waals surface area contributed by atoms with Crippen LogP contribution in [0.2, 0.25) is 0 Å². The largest absolute Gasteiger partial charge is 0.480 e. The van der Waals surface area contributed by atoms with Gasteiger partial charge in [0.15, 0.2) is 0 Å². The molecule has 2 aliphatic heterocycles. The second-order valence-corrected chi connectivity index (χ2v) is 4.62. The smallest absolute Gasteiger partial charge is 0.471 e. The molecule has 0 bridgehead atoms. The topological polar surface area (TPSA) is 107 Å². The molecule has 2 rings (SSSR count). The lowest BCUT2D eigenvalue weighted by Crippen LogP contribution is -2.48. The maximum atomic E-state index is 12.5. The van der Waals surface area contributed by atoms with Crippen LogP contribution in [-0.2, 0) is 14.4 Å². The lowest BCUT2D eigenvalue weighted by Gasteiger charge is -2.23. The van der Waals surface area contributed by atoms with E-state index < -0.39 is 55.0 Å². The Morgan fingerprint density at radius 1 is 1.29 bits per heavy atom. The SMILES string of the molecule is O=C(O)[C@@H]1C[C@H](N2C(=O)CNC2=O)CN1C(=O)C(F)(F)F. The second-order valence-electron chi connectivity index (χ2n) is 4.62.